The van der Waals surface area contributed by atoms with Crippen molar-refractivity contribution >= 4 is 22.6 Å². The van der Waals surface area contributed by atoms with Crippen molar-refractivity contribution in [3.8, 4) is 5.69 Å². The van der Waals surface area contributed by atoms with E-state index in [1.54, 1.807) is 30.3 Å². The van der Waals surface area contributed by atoms with Gasteiger partial charge in [0.05, 0.1) is 5.69 Å². The zero-order valence-electron chi connectivity index (χ0n) is 13.2. The van der Waals surface area contributed by atoms with Crippen LogP contribution in [0.3, 0.4) is 0 Å². The molecule has 0 fully saturated rings. The summed E-state index contributed by atoms with van der Waals surface area (Å²) < 4.78 is 13.0. The molecule has 0 aliphatic rings. The molecule has 3 rings (SSSR count). The molecule has 0 saturated heterocycles. The Kier molecular flexibility index (Phi) is 3.60. The van der Waals surface area contributed by atoms with Gasteiger partial charge in [0.2, 0.25) is 5.91 Å². The molecule has 0 radical (unpaired) electrons. The molecule has 0 spiro atoms. The van der Waals surface area contributed by atoms with Crippen LogP contribution < -0.4 is 5.32 Å². The Morgan fingerprint density at radius 2 is 1.70 bits per heavy atom. The smallest absolute Gasteiger partial charge is 0.229 e. The quantitative estimate of drug-likeness (QED) is 0.787. The van der Waals surface area contributed by atoms with Crippen LogP contribution in [0, 0.1) is 11.2 Å². The topological polar surface area (TPSA) is 59.8 Å². The summed E-state index contributed by atoms with van der Waals surface area (Å²) in [5, 5.41) is 11.6. The summed E-state index contributed by atoms with van der Waals surface area (Å²) in [4.78, 5) is 13.5. The summed E-state index contributed by atoms with van der Waals surface area (Å²) in [6, 6.07) is 11.3. The van der Waals surface area contributed by atoms with Crippen LogP contribution in [0.4, 0.5) is 10.1 Å². The Bertz CT molecular complexity index is 862. The van der Waals surface area contributed by atoms with Gasteiger partial charge < -0.3 is 5.32 Å². The molecule has 1 amide bonds. The summed E-state index contributed by atoms with van der Waals surface area (Å²) in [5.41, 5.74) is 2.22. The number of aromatic nitrogens is 3. The molecule has 0 bridgehead atoms. The average Bonchev–Trinajstić information content (AvgIpc) is 2.90. The first-order chi connectivity index (χ1) is 10.8. The van der Waals surface area contributed by atoms with Gasteiger partial charge in [0.15, 0.2) is 0 Å². The summed E-state index contributed by atoms with van der Waals surface area (Å²) >= 11 is 0. The number of nitrogens with zero attached hydrogens (tertiary/aromatic N) is 3. The zero-order valence-corrected chi connectivity index (χ0v) is 13.2. The summed E-state index contributed by atoms with van der Waals surface area (Å²) in [6.07, 6.45) is 0. The fourth-order valence-electron chi connectivity index (χ4n) is 2.00. The van der Waals surface area contributed by atoms with Crippen LogP contribution in [0.25, 0.3) is 16.7 Å². The molecule has 1 N–H and O–H groups in total. The maximum atomic E-state index is 13.0. The highest BCUT2D eigenvalue weighted by molar-refractivity contribution is 5.96. The first-order valence-corrected chi connectivity index (χ1v) is 7.27. The number of anilines is 1. The Morgan fingerprint density at radius 3 is 2.35 bits per heavy atom. The van der Waals surface area contributed by atoms with E-state index in [2.05, 4.69) is 15.5 Å². The number of rotatable bonds is 2. The highest BCUT2D eigenvalue weighted by Gasteiger charge is 2.21. The van der Waals surface area contributed by atoms with Crippen molar-refractivity contribution in [1.82, 2.24) is 15.0 Å². The molecule has 0 unspecified atom stereocenters. The molecule has 0 aliphatic carbocycles. The minimum absolute atomic E-state index is 0.0669. The molecule has 2 aromatic carbocycles. The average molecular weight is 312 g/mol. The maximum absolute atomic E-state index is 13.0. The fourth-order valence-corrected chi connectivity index (χ4v) is 2.00. The van der Waals surface area contributed by atoms with Crippen LogP contribution in [0.2, 0.25) is 0 Å². The van der Waals surface area contributed by atoms with Crippen molar-refractivity contribution in [2.45, 2.75) is 20.8 Å². The molecular weight excluding hydrogens is 295 g/mol. The van der Waals surface area contributed by atoms with Crippen LogP contribution in [0.15, 0.2) is 42.5 Å². The SMILES string of the molecule is CC(C)(C)C(=O)Nc1ccc2nn(-c3ccc(F)cc3)nc2c1. The Labute approximate surface area is 133 Å². The third-order valence-electron chi connectivity index (χ3n) is 3.38. The second-order valence-corrected chi connectivity index (χ2v) is 6.37. The number of carbonyl (C=O) groups is 1. The first-order valence-electron chi connectivity index (χ1n) is 7.27. The molecular formula is C17H17FN4O. The number of fused-ring (bicyclic) bond motifs is 1. The van der Waals surface area contributed by atoms with Gasteiger partial charge in [-0.1, -0.05) is 20.8 Å². The number of hydrogen-bond acceptors (Lipinski definition) is 3. The summed E-state index contributed by atoms with van der Waals surface area (Å²) in [7, 11) is 0. The van der Waals surface area contributed by atoms with E-state index in [1.807, 2.05) is 20.8 Å². The number of nitrogens with one attached hydrogen (secondary N) is 1. The third kappa shape index (κ3) is 3.21. The van der Waals surface area contributed by atoms with E-state index in [1.165, 1.54) is 16.9 Å². The van der Waals surface area contributed by atoms with Crippen molar-refractivity contribution in [3.05, 3.63) is 48.3 Å². The number of carbonyl (C=O) groups excluding carboxylic acids is 1. The molecule has 3 aromatic rings. The van der Waals surface area contributed by atoms with Crippen molar-refractivity contribution in [2.75, 3.05) is 5.32 Å². The van der Waals surface area contributed by atoms with E-state index >= 15 is 0 Å². The summed E-state index contributed by atoms with van der Waals surface area (Å²) in [6.45, 7) is 5.56. The van der Waals surface area contributed by atoms with Gasteiger partial charge >= 0.3 is 0 Å². The van der Waals surface area contributed by atoms with E-state index in [0.29, 0.717) is 22.4 Å². The molecule has 23 heavy (non-hydrogen) atoms. The predicted molar refractivity (Wildman–Crippen MR) is 86.9 cm³/mol. The molecule has 1 aromatic heterocycles. The van der Waals surface area contributed by atoms with E-state index in [0.717, 1.165) is 0 Å². The minimum Gasteiger partial charge on any atom is -0.326 e. The Balaban J connectivity index is 1.92. The van der Waals surface area contributed by atoms with E-state index in [9.17, 15) is 9.18 Å². The lowest BCUT2D eigenvalue weighted by molar-refractivity contribution is -0.123. The highest BCUT2D eigenvalue weighted by atomic mass is 19.1. The number of hydrogen-bond donors (Lipinski definition) is 1. The van der Waals surface area contributed by atoms with Crippen molar-refractivity contribution in [2.24, 2.45) is 5.41 Å². The molecule has 0 atom stereocenters. The monoisotopic (exact) mass is 312 g/mol. The second kappa shape index (κ2) is 5.46. The van der Waals surface area contributed by atoms with Crippen LogP contribution in [-0.4, -0.2) is 20.9 Å². The lowest BCUT2D eigenvalue weighted by Gasteiger charge is -2.17. The Morgan fingerprint density at radius 1 is 1.04 bits per heavy atom. The molecule has 5 nitrogen and oxygen atoms in total. The van der Waals surface area contributed by atoms with Crippen molar-refractivity contribution in [1.29, 1.82) is 0 Å². The molecule has 0 saturated carbocycles. The number of halogens is 1. The van der Waals surface area contributed by atoms with Gasteiger partial charge in [-0.2, -0.15) is 4.80 Å². The number of benzene rings is 2. The van der Waals surface area contributed by atoms with Crippen LogP contribution in [-0.2, 0) is 4.79 Å². The van der Waals surface area contributed by atoms with E-state index in [-0.39, 0.29) is 11.7 Å². The lowest BCUT2D eigenvalue weighted by Crippen LogP contribution is -2.27. The van der Waals surface area contributed by atoms with Gasteiger partial charge in [-0.25, -0.2) is 4.39 Å². The normalized spacial score (nSPS) is 11.7. The number of amides is 1. The molecule has 118 valence electrons. The van der Waals surface area contributed by atoms with E-state index < -0.39 is 5.41 Å². The zero-order chi connectivity index (χ0) is 16.6. The van der Waals surface area contributed by atoms with Crippen molar-refractivity contribution in [3.63, 3.8) is 0 Å². The first kappa shape index (κ1) is 15.1. The minimum atomic E-state index is -0.472. The standard InChI is InChI=1S/C17H17FN4O/c1-17(2,3)16(23)19-12-6-9-14-15(10-12)21-22(20-14)13-7-4-11(18)5-8-13/h4-10H,1-3H3,(H,19,23). The van der Waals surface area contributed by atoms with Gasteiger partial charge in [0, 0.05) is 11.1 Å². The van der Waals surface area contributed by atoms with Crippen molar-refractivity contribution < 1.29 is 9.18 Å². The lowest BCUT2D eigenvalue weighted by atomic mass is 9.95. The predicted octanol–water partition coefficient (Wildman–Crippen LogP) is 3.54. The van der Waals surface area contributed by atoms with E-state index in [4.69, 9.17) is 0 Å². The highest BCUT2D eigenvalue weighted by Crippen LogP contribution is 2.21. The second-order valence-electron chi connectivity index (χ2n) is 6.37. The van der Waals surface area contributed by atoms with Crippen LogP contribution >= 0.6 is 0 Å². The van der Waals surface area contributed by atoms with Gasteiger partial charge in [0.25, 0.3) is 0 Å². The van der Waals surface area contributed by atoms with Gasteiger partial charge in [-0.15, -0.1) is 10.2 Å². The third-order valence-corrected chi connectivity index (χ3v) is 3.38. The molecule has 0 aliphatic heterocycles. The maximum Gasteiger partial charge on any atom is 0.229 e. The van der Waals surface area contributed by atoms with Crippen LogP contribution in [0.5, 0.6) is 0 Å². The largest absolute Gasteiger partial charge is 0.326 e. The van der Waals surface area contributed by atoms with Gasteiger partial charge in [-0.05, 0) is 42.5 Å². The van der Waals surface area contributed by atoms with Gasteiger partial charge in [0.1, 0.15) is 16.9 Å². The van der Waals surface area contributed by atoms with Gasteiger partial charge in [-0.3, -0.25) is 4.79 Å². The fraction of sp³-hybridized carbons (Fsp3) is 0.235. The van der Waals surface area contributed by atoms with Crippen LogP contribution in [0.1, 0.15) is 20.8 Å². The Hall–Kier alpha value is -2.76. The molecule has 6 heteroatoms. The summed E-state index contributed by atoms with van der Waals surface area (Å²) in [5.74, 6) is -0.375. The molecule has 1 heterocycles.